The molecule has 0 bridgehead atoms. The third-order valence-corrected chi connectivity index (χ3v) is 3.03. The van der Waals surface area contributed by atoms with Gasteiger partial charge in [0.1, 0.15) is 5.01 Å². The number of hydrogen-bond acceptors (Lipinski definition) is 3. The zero-order valence-corrected chi connectivity index (χ0v) is 9.06. The SMILES string of the molecule is CNc1cccc(-c2nc(C)cs2)c1. The van der Waals surface area contributed by atoms with Crippen molar-refractivity contribution in [3.8, 4) is 10.6 Å². The van der Waals surface area contributed by atoms with Crippen LogP contribution < -0.4 is 5.32 Å². The van der Waals surface area contributed by atoms with E-state index >= 15 is 0 Å². The molecule has 0 aliphatic carbocycles. The normalized spacial score (nSPS) is 10.1. The van der Waals surface area contributed by atoms with Crippen molar-refractivity contribution in [2.75, 3.05) is 12.4 Å². The van der Waals surface area contributed by atoms with E-state index in [0.29, 0.717) is 0 Å². The largest absolute Gasteiger partial charge is 0.388 e. The Labute approximate surface area is 87.6 Å². The monoisotopic (exact) mass is 204 g/mol. The molecular formula is C11H12N2S. The zero-order chi connectivity index (χ0) is 9.97. The summed E-state index contributed by atoms with van der Waals surface area (Å²) in [5, 5.41) is 6.27. The van der Waals surface area contributed by atoms with Gasteiger partial charge in [-0.25, -0.2) is 4.98 Å². The average molecular weight is 204 g/mol. The lowest BCUT2D eigenvalue weighted by atomic mass is 10.2. The van der Waals surface area contributed by atoms with Crippen LogP contribution in [0.3, 0.4) is 0 Å². The van der Waals surface area contributed by atoms with Crippen LogP contribution in [0.2, 0.25) is 0 Å². The minimum Gasteiger partial charge on any atom is -0.388 e. The van der Waals surface area contributed by atoms with Gasteiger partial charge in [-0.1, -0.05) is 12.1 Å². The van der Waals surface area contributed by atoms with E-state index in [2.05, 4.69) is 27.8 Å². The molecule has 0 atom stereocenters. The molecule has 1 aromatic heterocycles. The summed E-state index contributed by atoms with van der Waals surface area (Å²) in [4.78, 5) is 4.45. The summed E-state index contributed by atoms with van der Waals surface area (Å²) in [5.74, 6) is 0. The van der Waals surface area contributed by atoms with Gasteiger partial charge in [0.25, 0.3) is 0 Å². The molecule has 2 rings (SSSR count). The van der Waals surface area contributed by atoms with Gasteiger partial charge in [0.15, 0.2) is 0 Å². The summed E-state index contributed by atoms with van der Waals surface area (Å²) in [6.07, 6.45) is 0. The molecule has 1 heterocycles. The van der Waals surface area contributed by atoms with E-state index in [9.17, 15) is 0 Å². The molecular weight excluding hydrogens is 192 g/mol. The molecule has 1 N–H and O–H groups in total. The first-order chi connectivity index (χ1) is 6.79. The molecule has 0 saturated heterocycles. The van der Waals surface area contributed by atoms with E-state index < -0.39 is 0 Å². The van der Waals surface area contributed by atoms with Crippen LogP contribution in [-0.2, 0) is 0 Å². The summed E-state index contributed by atoms with van der Waals surface area (Å²) >= 11 is 1.68. The van der Waals surface area contributed by atoms with Crippen LogP contribution in [0.25, 0.3) is 10.6 Å². The molecule has 0 fully saturated rings. The van der Waals surface area contributed by atoms with Crippen LogP contribution in [0.15, 0.2) is 29.6 Å². The molecule has 0 unspecified atom stereocenters. The molecule has 14 heavy (non-hydrogen) atoms. The maximum atomic E-state index is 4.45. The number of nitrogens with zero attached hydrogens (tertiary/aromatic N) is 1. The summed E-state index contributed by atoms with van der Waals surface area (Å²) in [6.45, 7) is 2.02. The van der Waals surface area contributed by atoms with Gasteiger partial charge < -0.3 is 5.32 Å². The van der Waals surface area contributed by atoms with E-state index in [1.807, 2.05) is 26.1 Å². The molecule has 2 aromatic rings. The van der Waals surface area contributed by atoms with Crippen LogP contribution in [0.4, 0.5) is 5.69 Å². The predicted molar refractivity (Wildman–Crippen MR) is 61.8 cm³/mol. The fourth-order valence-corrected chi connectivity index (χ4v) is 2.09. The lowest BCUT2D eigenvalue weighted by molar-refractivity contribution is 1.27. The molecule has 0 spiro atoms. The zero-order valence-electron chi connectivity index (χ0n) is 8.24. The first kappa shape index (κ1) is 9.21. The van der Waals surface area contributed by atoms with Crippen molar-refractivity contribution in [3.63, 3.8) is 0 Å². The van der Waals surface area contributed by atoms with Gasteiger partial charge in [-0.3, -0.25) is 0 Å². The molecule has 0 amide bonds. The highest BCUT2D eigenvalue weighted by Crippen LogP contribution is 2.25. The van der Waals surface area contributed by atoms with Crippen molar-refractivity contribution in [2.24, 2.45) is 0 Å². The first-order valence-electron chi connectivity index (χ1n) is 4.50. The smallest absolute Gasteiger partial charge is 0.123 e. The fourth-order valence-electron chi connectivity index (χ4n) is 1.29. The fraction of sp³-hybridized carbons (Fsp3) is 0.182. The predicted octanol–water partition coefficient (Wildman–Crippen LogP) is 3.16. The Bertz CT molecular complexity index is 434. The third kappa shape index (κ3) is 1.77. The van der Waals surface area contributed by atoms with Gasteiger partial charge in [0.2, 0.25) is 0 Å². The van der Waals surface area contributed by atoms with Gasteiger partial charge in [0, 0.05) is 29.4 Å². The summed E-state index contributed by atoms with van der Waals surface area (Å²) in [6, 6.07) is 8.28. The van der Waals surface area contributed by atoms with Crippen molar-refractivity contribution in [1.29, 1.82) is 0 Å². The van der Waals surface area contributed by atoms with Crippen molar-refractivity contribution in [2.45, 2.75) is 6.92 Å². The number of thiazole rings is 1. The maximum Gasteiger partial charge on any atom is 0.123 e. The lowest BCUT2D eigenvalue weighted by Gasteiger charge is -2.01. The highest BCUT2D eigenvalue weighted by molar-refractivity contribution is 7.13. The van der Waals surface area contributed by atoms with Gasteiger partial charge in [-0.2, -0.15) is 0 Å². The van der Waals surface area contributed by atoms with E-state index in [-0.39, 0.29) is 0 Å². The van der Waals surface area contributed by atoms with Crippen LogP contribution in [0, 0.1) is 6.92 Å². The van der Waals surface area contributed by atoms with Crippen molar-refractivity contribution >= 4 is 17.0 Å². The lowest BCUT2D eigenvalue weighted by Crippen LogP contribution is -1.87. The van der Waals surface area contributed by atoms with Gasteiger partial charge in [-0.15, -0.1) is 11.3 Å². The number of rotatable bonds is 2. The Balaban J connectivity index is 2.41. The highest BCUT2D eigenvalue weighted by Gasteiger charge is 2.02. The molecule has 3 heteroatoms. The van der Waals surface area contributed by atoms with Gasteiger partial charge in [0.05, 0.1) is 0 Å². The van der Waals surface area contributed by atoms with Crippen molar-refractivity contribution < 1.29 is 0 Å². The topological polar surface area (TPSA) is 24.9 Å². The van der Waals surface area contributed by atoms with Gasteiger partial charge in [-0.05, 0) is 19.1 Å². The number of hydrogen-bond donors (Lipinski definition) is 1. The molecule has 0 saturated carbocycles. The minimum absolute atomic E-state index is 1.08. The molecule has 2 nitrogen and oxygen atoms in total. The standard InChI is InChI=1S/C11H12N2S/c1-8-7-14-11(13-8)9-4-3-5-10(6-9)12-2/h3-7,12H,1-2H3. The minimum atomic E-state index is 1.08. The van der Waals surface area contributed by atoms with Crippen LogP contribution >= 0.6 is 11.3 Å². The number of aromatic nitrogens is 1. The Morgan fingerprint density at radius 2 is 2.21 bits per heavy atom. The quantitative estimate of drug-likeness (QED) is 0.812. The number of nitrogens with one attached hydrogen (secondary N) is 1. The Hall–Kier alpha value is -1.35. The third-order valence-electron chi connectivity index (χ3n) is 2.02. The van der Waals surface area contributed by atoms with E-state index in [4.69, 9.17) is 0 Å². The second kappa shape index (κ2) is 3.80. The Morgan fingerprint density at radius 1 is 1.36 bits per heavy atom. The van der Waals surface area contributed by atoms with E-state index in [1.54, 1.807) is 11.3 Å². The number of anilines is 1. The van der Waals surface area contributed by atoms with E-state index in [0.717, 1.165) is 16.4 Å². The molecule has 0 aliphatic rings. The average Bonchev–Trinajstić information content (AvgIpc) is 2.65. The molecule has 0 aliphatic heterocycles. The van der Waals surface area contributed by atoms with Gasteiger partial charge >= 0.3 is 0 Å². The molecule has 1 aromatic carbocycles. The maximum absolute atomic E-state index is 4.45. The molecule has 0 radical (unpaired) electrons. The van der Waals surface area contributed by atoms with Crippen LogP contribution in [0.5, 0.6) is 0 Å². The van der Waals surface area contributed by atoms with Crippen molar-refractivity contribution in [3.05, 3.63) is 35.3 Å². The summed E-state index contributed by atoms with van der Waals surface area (Å²) < 4.78 is 0. The number of aryl methyl sites for hydroxylation is 1. The van der Waals surface area contributed by atoms with E-state index in [1.165, 1.54) is 5.56 Å². The Morgan fingerprint density at radius 3 is 2.86 bits per heavy atom. The second-order valence-electron chi connectivity index (χ2n) is 3.12. The Kier molecular flexibility index (Phi) is 2.50. The van der Waals surface area contributed by atoms with Crippen molar-refractivity contribution in [1.82, 2.24) is 4.98 Å². The second-order valence-corrected chi connectivity index (χ2v) is 3.98. The van der Waals surface area contributed by atoms with Crippen LogP contribution in [0.1, 0.15) is 5.69 Å². The number of benzene rings is 1. The summed E-state index contributed by atoms with van der Waals surface area (Å²) in [7, 11) is 1.92. The molecule has 72 valence electrons. The highest BCUT2D eigenvalue weighted by atomic mass is 32.1. The summed E-state index contributed by atoms with van der Waals surface area (Å²) in [5.41, 5.74) is 3.38. The van der Waals surface area contributed by atoms with Crippen LogP contribution in [-0.4, -0.2) is 12.0 Å². The first-order valence-corrected chi connectivity index (χ1v) is 5.38.